The molecule has 28 heavy (non-hydrogen) atoms. The second-order valence-corrected chi connectivity index (χ2v) is 7.80. The number of hydrogen-bond donors (Lipinski definition) is 2. The second-order valence-electron chi connectivity index (χ2n) is 7.41. The first kappa shape index (κ1) is 19.0. The largest absolute Gasteiger partial charge is 0.477 e. The average Bonchev–Trinajstić information content (AvgIpc) is 2.71. The maximum Gasteiger partial charge on any atom is 0.263 e. The van der Waals surface area contributed by atoms with Crippen LogP contribution in [0.4, 0.5) is 5.69 Å². The van der Waals surface area contributed by atoms with Crippen LogP contribution in [-0.2, 0) is 11.3 Å². The SMILES string of the molecule is O=C(N[C@H]1CCCC[C@@H]1O)C1CN(Cc2ccc(Cl)nc2)c2ccccc2O1. The summed E-state index contributed by atoms with van der Waals surface area (Å²) in [6.07, 6.45) is 4.18. The van der Waals surface area contributed by atoms with Crippen molar-refractivity contribution < 1.29 is 14.6 Å². The fourth-order valence-electron chi connectivity index (χ4n) is 3.87. The minimum atomic E-state index is -0.635. The van der Waals surface area contributed by atoms with Crippen molar-refractivity contribution in [2.24, 2.45) is 0 Å². The molecule has 7 heteroatoms. The lowest BCUT2D eigenvalue weighted by Crippen LogP contribution is -2.54. The van der Waals surface area contributed by atoms with Crippen LogP contribution in [0.1, 0.15) is 31.2 Å². The van der Waals surface area contributed by atoms with Crippen molar-refractivity contribution >= 4 is 23.2 Å². The lowest BCUT2D eigenvalue weighted by molar-refractivity contribution is -0.129. The topological polar surface area (TPSA) is 74.7 Å². The van der Waals surface area contributed by atoms with Gasteiger partial charge in [-0.3, -0.25) is 4.79 Å². The number of nitrogens with one attached hydrogen (secondary N) is 1. The number of rotatable bonds is 4. The van der Waals surface area contributed by atoms with E-state index in [2.05, 4.69) is 15.2 Å². The van der Waals surface area contributed by atoms with Gasteiger partial charge in [0.2, 0.25) is 0 Å². The van der Waals surface area contributed by atoms with E-state index < -0.39 is 12.2 Å². The highest BCUT2D eigenvalue weighted by molar-refractivity contribution is 6.29. The van der Waals surface area contributed by atoms with Gasteiger partial charge >= 0.3 is 0 Å². The van der Waals surface area contributed by atoms with Crippen molar-refractivity contribution in [1.29, 1.82) is 0 Å². The first-order valence-corrected chi connectivity index (χ1v) is 10.1. The number of para-hydroxylation sites is 2. The molecule has 1 fully saturated rings. The van der Waals surface area contributed by atoms with Gasteiger partial charge in [0, 0.05) is 12.7 Å². The molecule has 1 aromatic heterocycles. The van der Waals surface area contributed by atoms with Crippen LogP contribution in [0.5, 0.6) is 5.75 Å². The zero-order valence-electron chi connectivity index (χ0n) is 15.6. The van der Waals surface area contributed by atoms with Gasteiger partial charge in [-0.15, -0.1) is 0 Å². The number of amides is 1. The summed E-state index contributed by atoms with van der Waals surface area (Å²) in [5, 5.41) is 13.6. The van der Waals surface area contributed by atoms with Crippen LogP contribution in [-0.4, -0.2) is 40.8 Å². The predicted octanol–water partition coefficient (Wildman–Crippen LogP) is 2.92. The van der Waals surface area contributed by atoms with Crippen molar-refractivity contribution in [3.05, 3.63) is 53.3 Å². The van der Waals surface area contributed by atoms with Gasteiger partial charge in [-0.25, -0.2) is 4.98 Å². The Bertz CT molecular complexity index is 830. The molecular formula is C21H24ClN3O3. The van der Waals surface area contributed by atoms with E-state index in [0.29, 0.717) is 24.0 Å². The Morgan fingerprint density at radius 2 is 2.07 bits per heavy atom. The Morgan fingerprint density at radius 1 is 1.25 bits per heavy atom. The van der Waals surface area contributed by atoms with E-state index in [0.717, 1.165) is 36.9 Å². The highest BCUT2D eigenvalue weighted by Crippen LogP contribution is 2.34. The van der Waals surface area contributed by atoms with E-state index in [1.165, 1.54) is 0 Å². The maximum atomic E-state index is 12.9. The fourth-order valence-corrected chi connectivity index (χ4v) is 3.98. The molecule has 0 radical (unpaired) electrons. The van der Waals surface area contributed by atoms with Gasteiger partial charge < -0.3 is 20.1 Å². The van der Waals surface area contributed by atoms with Crippen molar-refractivity contribution in [2.75, 3.05) is 11.4 Å². The van der Waals surface area contributed by atoms with Gasteiger partial charge in [0.25, 0.3) is 5.91 Å². The molecule has 148 valence electrons. The van der Waals surface area contributed by atoms with Crippen LogP contribution in [0.15, 0.2) is 42.6 Å². The first-order chi connectivity index (χ1) is 13.6. The number of anilines is 1. The molecule has 1 amide bonds. The van der Waals surface area contributed by atoms with E-state index in [9.17, 15) is 9.90 Å². The lowest BCUT2D eigenvalue weighted by Gasteiger charge is -2.37. The molecule has 1 saturated carbocycles. The van der Waals surface area contributed by atoms with Crippen LogP contribution >= 0.6 is 11.6 Å². The van der Waals surface area contributed by atoms with E-state index in [4.69, 9.17) is 16.3 Å². The molecule has 6 nitrogen and oxygen atoms in total. The molecule has 1 aliphatic carbocycles. The number of benzene rings is 1. The Balaban J connectivity index is 1.50. The summed E-state index contributed by atoms with van der Waals surface area (Å²) < 4.78 is 5.99. The third-order valence-electron chi connectivity index (χ3n) is 5.37. The summed E-state index contributed by atoms with van der Waals surface area (Å²) in [4.78, 5) is 19.1. The summed E-state index contributed by atoms with van der Waals surface area (Å²) in [6, 6.07) is 11.2. The zero-order valence-corrected chi connectivity index (χ0v) is 16.3. The molecule has 2 N–H and O–H groups in total. The molecule has 2 aromatic rings. The number of halogens is 1. The molecule has 0 spiro atoms. The third kappa shape index (κ3) is 4.23. The van der Waals surface area contributed by atoms with E-state index >= 15 is 0 Å². The highest BCUT2D eigenvalue weighted by atomic mass is 35.5. The van der Waals surface area contributed by atoms with Crippen molar-refractivity contribution in [1.82, 2.24) is 10.3 Å². The number of aliphatic hydroxyl groups excluding tert-OH is 1. The monoisotopic (exact) mass is 401 g/mol. The van der Waals surface area contributed by atoms with Gasteiger partial charge in [0.1, 0.15) is 10.9 Å². The molecule has 3 atom stereocenters. The Labute approximate surface area is 169 Å². The number of aromatic nitrogens is 1. The van der Waals surface area contributed by atoms with E-state index in [1.54, 1.807) is 12.3 Å². The third-order valence-corrected chi connectivity index (χ3v) is 5.60. The Kier molecular flexibility index (Phi) is 5.69. The fraction of sp³-hybridized carbons (Fsp3) is 0.429. The van der Waals surface area contributed by atoms with Gasteiger partial charge in [-0.2, -0.15) is 0 Å². The number of ether oxygens (including phenoxy) is 1. The summed E-state index contributed by atoms with van der Waals surface area (Å²) >= 11 is 5.89. The highest BCUT2D eigenvalue weighted by Gasteiger charge is 2.33. The molecule has 1 aromatic carbocycles. The average molecular weight is 402 g/mol. The molecule has 2 heterocycles. The second kappa shape index (κ2) is 8.37. The number of aliphatic hydroxyl groups is 1. The van der Waals surface area contributed by atoms with E-state index in [-0.39, 0.29) is 11.9 Å². The van der Waals surface area contributed by atoms with Crippen molar-refractivity contribution in [3.63, 3.8) is 0 Å². The quantitative estimate of drug-likeness (QED) is 0.770. The molecule has 0 saturated heterocycles. The summed E-state index contributed by atoms with van der Waals surface area (Å²) in [5.41, 5.74) is 1.95. The zero-order chi connectivity index (χ0) is 19.5. The van der Waals surface area contributed by atoms with Gasteiger partial charge in [0.15, 0.2) is 6.10 Å². The standard InChI is InChI=1S/C21H24ClN3O3/c22-20-10-9-14(11-23-20)12-25-13-19(28-18-8-4-2-6-16(18)25)21(27)24-15-5-1-3-7-17(15)26/h2,4,6,8-11,15,17,19,26H,1,3,5,7,12-13H2,(H,24,27)/t15-,17-,19?/m0/s1. The molecule has 4 rings (SSSR count). The van der Waals surface area contributed by atoms with Gasteiger partial charge in [0.05, 0.1) is 24.4 Å². The van der Waals surface area contributed by atoms with Crippen LogP contribution < -0.4 is 15.0 Å². The molecule has 2 aliphatic rings. The van der Waals surface area contributed by atoms with Gasteiger partial charge in [-0.1, -0.05) is 42.6 Å². The molecular weight excluding hydrogens is 378 g/mol. The summed E-state index contributed by atoms with van der Waals surface area (Å²) in [5.74, 6) is 0.500. The molecule has 1 aliphatic heterocycles. The van der Waals surface area contributed by atoms with Crippen LogP contribution in [0, 0.1) is 0 Å². The number of carbonyl (C=O) groups is 1. The smallest absolute Gasteiger partial charge is 0.263 e. The van der Waals surface area contributed by atoms with E-state index in [1.807, 2.05) is 30.3 Å². The summed E-state index contributed by atoms with van der Waals surface area (Å²) in [6.45, 7) is 1.02. The maximum absolute atomic E-state index is 12.9. The van der Waals surface area contributed by atoms with Crippen LogP contribution in [0.2, 0.25) is 5.15 Å². The van der Waals surface area contributed by atoms with Gasteiger partial charge in [-0.05, 0) is 36.6 Å². The van der Waals surface area contributed by atoms with Crippen molar-refractivity contribution in [3.8, 4) is 5.75 Å². The lowest BCUT2D eigenvalue weighted by atomic mass is 9.92. The minimum absolute atomic E-state index is 0.181. The van der Waals surface area contributed by atoms with Crippen LogP contribution in [0.3, 0.4) is 0 Å². The summed E-state index contributed by atoms with van der Waals surface area (Å²) in [7, 11) is 0. The normalized spacial score (nSPS) is 24.2. The number of hydrogen-bond acceptors (Lipinski definition) is 5. The number of carbonyl (C=O) groups excluding carboxylic acids is 1. The minimum Gasteiger partial charge on any atom is -0.477 e. The number of fused-ring (bicyclic) bond motifs is 1. The number of nitrogens with zero attached hydrogens (tertiary/aromatic N) is 2. The van der Waals surface area contributed by atoms with Crippen LogP contribution in [0.25, 0.3) is 0 Å². The van der Waals surface area contributed by atoms with Crippen molar-refractivity contribution in [2.45, 2.75) is 50.5 Å². The Morgan fingerprint density at radius 3 is 2.86 bits per heavy atom. The molecule has 1 unspecified atom stereocenters. The molecule has 0 bridgehead atoms. The first-order valence-electron chi connectivity index (χ1n) is 9.69. The predicted molar refractivity (Wildman–Crippen MR) is 108 cm³/mol. The number of pyridine rings is 1. The Hall–Kier alpha value is -2.31.